The van der Waals surface area contributed by atoms with Crippen LogP contribution in [-0.4, -0.2) is 25.6 Å². The normalized spacial score (nSPS) is 10.2. The number of benzene rings is 1. The molecule has 0 fully saturated rings. The van der Waals surface area contributed by atoms with Crippen LogP contribution in [0.5, 0.6) is 5.75 Å². The van der Waals surface area contributed by atoms with E-state index in [1.54, 1.807) is 0 Å². The molecular formula is C14H20O3. The number of Topliss-reactive ketones (excluding diaryl/α,β-unsaturated/α-hetero) is 1. The molecule has 0 radical (unpaired) electrons. The second-order valence-corrected chi connectivity index (χ2v) is 3.67. The van der Waals surface area contributed by atoms with E-state index in [9.17, 15) is 4.79 Å². The number of carbonyl (C=O) groups excluding carboxylic acids is 1. The molecular weight excluding hydrogens is 216 g/mol. The Balaban J connectivity index is 2.49. The smallest absolute Gasteiger partial charge is 0.166 e. The SMILES string of the molecule is CCOCCCOc1ccccc1C(=O)CC. The summed E-state index contributed by atoms with van der Waals surface area (Å²) in [4.78, 5) is 11.7. The van der Waals surface area contributed by atoms with Crippen molar-refractivity contribution in [3.05, 3.63) is 29.8 Å². The second-order valence-electron chi connectivity index (χ2n) is 3.67. The minimum Gasteiger partial charge on any atom is -0.493 e. The number of ketones is 1. The zero-order chi connectivity index (χ0) is 12.5. The molecule has 0 saturated heterocycles. The van der Waals surface area contributed by atoms with E-state index < -0.39 is 0 Å². The molecule has 1 aromatic carbocycles. The van der Waals surface area contributed by atoms with E-state index in [2.05, 4.69) is 0 Å². The number of rotatable bonds is 8. The van der Waals surface area contributed by atoms with Crippen molar-refractivity contribution in [3.63, 3.8) is 0 Å². The highest BCUT2D eigenvalue weighted by molar-refractivity contribution is 5.98. The molecule has 0 saturated carbocycles. The number of hydrogen-bond donors (Lipinski definition) is 0. The molecule has 0 spiro atoms. The van der Waals surface area contributed by atoms with Gasteiger partial charge in [-0.3, -0.25) is 4.79 Å². The van der Waals surface area contributed by atoms with Crippen molar-refractivity contribution in [2.75, 3.05) is 19.8 Å². The lowest BCUT2D eigenvalue weighted by Crippen LogP contribution is -2.06. The van der Waals surface area contributed by atoms with E-state index >= 15 is 0 Å². The van der Waals surface area contributed by atoms with Crippen LogP contribution in [0.1, 0.15) is 37.0 Å². The summed E-state index contributed by atoms with van der Waals surface area (Å²) in [6, 6.07) is 7.38. The minimum absolute atomic E-state index is 0.116. The van der Waals surface area contributed by atoms with Crippen LogP contribution >= 0.6 is 0 Å². The van der Waals surface area contributed by atoms with Crippen molar-refractivity contribution in [2.45, 2.75) is 26.7 Å². The standard InChI is InChI=1S/C14H20O3/c1-3-13(15)12-8-5-6-9-14(12)17-11-7-10-16-4-2/h5-6,8-9H,3-4,7,10-11H2,1-2H3. The minimum atomic E-state index is 0.116. The Morgan fingerprint density at radius 1 is 1.18 bits per heavy atom. The predicted octanol–water partition coefficient (Wildman–Crippen LogP) is 3.08. The average molecular weight is 236 g/mol. The topological polar surface area (TPSA) is 35.5 Å². The number of ether oxygens (including phenoxy) is 2. The van der Waals surface area contributed by atoms with Gasteiger partial charge in [0.15, 0.2) is 5.78 Å². The predicted molar refractivity (Wildman–Crippen MR) is 67.7 cm³/mol. The quantitative estimate of drug-likeness (QED) is 0.514. The van der Waals surface area contributed by atoms with Crippen molar-refractivity contribution in [1.29, 1.82) is 0 Å². The molecule has 0 bridgehead atoms. The van der Waals surface area contributed by atoms with Gasteiger partial charge in [-0.2, -0.15) is 0 Å². The van der Waals surface area contributed by atoms with E-state index in [1.165, 1.54) is 0 Å². The summed E-state index contributed by atoms with van der Waals surface area (Å²) >= 11 is 0. The molecule has 0 aliphatic carbocycles. The summed E-state index contributed by atoms with van der Waals surface area (Å²) in [5.41, 5.74) is 0.673. The molecule has 0 amide bonds. The van der Waals surface area contributed by atoms with E-state index in [-0.39, 0.29) is 5.78 Å². The molecule has 0 N–H and O–H groups in total. The second kappa shape index (κ2) is 7.85. The molecule has 17 heavy (non-hydrogen) atoms. The average Bonchev–Trinajstić information content (AvgIpc) is 2.38. The van der Waals surface area contributed by atoms with Gasteiger partial charge in [-0.05, 0) is 19.1 Å². The van der Waals surface area contributed by atoms with Crippen molar-refractivity contribution in [2.24, 2.45) is 0 Å². The fourth-order valence-electron chi connectivity index (χ4n) is 1.50. The molecule has 0 aliphatic heterocycles. The molecule has 0 atom stereocenters. The van der Waals surface area contributed by atoms with Gasteiger partial charge in [0.1, 0.15) is 5.75 Å². The molecule has 94 valence electrons. The van der Waals surface area contributed by atoms with Crippen LogP contribution in [-0.2, 0) is 4.74 Å². The van der Waals surface area contributed by atoms with Gasteiger partial charge in [0, 0.05) is 26.1 Å². The molecule has 0 unspecified atom stereocenters. The van der Waals surface area contributed by atoms with Gasteiger partial charge in [-0.25, -0.2) is 0 Å². The summed E-state index contributed by atoms with van der Waals surface area (Å²) in [5.74, 6) is 0.793. The Kier molecular flexibility index (Phi) is 6.33. The van der Waals surface area contributed by atoms with Gasteiger partial charge in [-0.1, -0.05) is 19.1 Å². The number of carbonyl (C=O) groups is 1. The molecule has 3 heteroatoms. The Morgan fingerprint density at radius 2 is 1.94 bits per heavy atom. The summed E-state index contributed by atoms with van der Waals surface area (Å²) in [6.45, 7) is 5.82. The van der Waals surface area contributed by atoms with E-state index in [0.717, 1.165) is 13.0 Å². The van der Waals surface area contributed by atoms with Gasteiger partial charge >= 0.3 is 0 Å². The van der Waals surface area contributed by atoms with Crippen LogP contribution in [0, 0.1) is 0 Å². The molecule has 0 aliphatic rings. The van der Waals surface area contributed by atoms with Crippen LogP contribution in [0.2, 0.25) is 0 Å². The van der Waals surface area contributed by atoms with Crippen molar-refractivity contribution in [3.8, 4) is 5.75 Å². The van der Waals surface area contributed by atoms with Crippen LogP contribution in [0.4, 0.5) is 0 Å². The third kappa shape index (κ3) is 4.57. The lowest BCUT2D eigenvalue weighted by Gasteiger charge is -2.10. The Morgan fingerprint density at radius 3 is 2.65 bits per heavy atom. The van der Waals surface area contributed by atoms with E-state index in [4.69, 9.17) is 9.47 Å². The third-order valence-electron chi connectivity index (χ3n) is 2.40. The van der Waals surface area contributed by atoms with E-state index in [0.29, 0.717) is 30.9 Å². The zero-order valence-corrected chi connectivity index (χ0v) is 10.6. The Labute approximate surface area is 103 Å². The Bertz CT molecular complexity index is 347. The van der Waals surface area contributed by atoms with Gasteiger partial charge in [0.2, 0.25) is 0 Å². The van der Waals surface area contributed by atoms with Crippen molar-refractivity contribution >= 4 is 5.78 Å². The summed E-state index contributed by atoms with van der Waals surface area (Å²) in [6.07, 6.45) is 1.34. The maximum absolute atomic E-state index is 11.7. The fraction of sp³-hybridized carbons (Fsp3) is 0.500. The maximum Gasteiger partial charge on any atom is 0.166 e. The van der Waals surface area contributed by atoms with Crippen LogP contribution in [0.15, 0.2) is 24.3 Å². The van der Waals surface area contributed by atoms with Crippen LogP contribution < -0.4 is 4.74 Å². The molecule has 0 aromatic heterocycles. The lowest BCUT2D eigenvalue weighted by atomic mass is 10.1. The van der Waals surface area contributed by atoms with Crippen LogP contribution in [0.3, 0.4) is 0 Å². The first kappa shape index (κ1) is 13.7. The summed E-state index contributed by atoms with van der Waals surface area (Å²) in [7, 11) is 0. The van der Waals surface area contributed by atoms with E-state index in [1.807, 2.05) is 38.1 Å². The number of para-hydroxylation sites is 1. The Hall–Kier alpha value is -1.35. The molecule has 1 rings (SSSR count). The largest absolute Gasteiger partial charge is 0.493 e. The lowest BCUT2D eigenvalue weighted by molar-refractivity contribution is 0.0982. The van der Waals surface area contributed by atoms with Crippen LogP contribution in [0.25, 0.3) is 0 Å². The van der Waals surface area contributed by atoms with Gasteiger partial charge in [-0.15, -0.1) is 0 Å². The first-order chi connectivity index (χ1) is 8.29. The highest BCUT2D eigenvalue weighted by Crippen LogP contribution is 2.19. The first-order valence-corrected chi connectivity index (χ1v) is 6.12. The van der Waals surface area contributed by atoms with Crippen molar-refractivity contribution < 1.29 is 14.3 Å². The maximum atomic E-state index is 11.7. The fourth-order valence-corrected chi connectivity index (χ4v) is 1.50. The highest BCUT2D eigenvalue weighted by atomic mass is 16.5. The number of hydrogen-bond acceptors (Lipinski definition) is 3. The summed E-state index contributed by atoms with van der Waals surface area (Å²) in [5, 5.41) is 0. The van der Waals surface area contributed by atoms with Gasteiger partial charge in [0.05, 0.1) is 12.2 Å². The van der Waals surface area contributed by atoms with Gasteiger partial charge < -0.3 is 9.47 Å². The van der Waals surface area contributed by atoms with Gasteiger partial charge in [0.25, 0.3) is 0 Å². The molecule has 0 heterocycles. The van der Waals surface area contributed by atoms with Crippen molar-refractivity contribution in [1.82, 2.24) is 0 Å². The monoisotopic (exact) mass is 236 g/mol. The summed E-state index contributed by atoms with van der Waals surface area (Å²) < 4.78 is 10.8. The highest BCUT2D eigenvalue weighted by Gasteiger charge is 2.09. The molecule has 3 nitrogen and oxygen atoms in total. The molecule has 1 aromatic rings. The zero-order valence-electron chi connectivity index (χ0n) is 10.6. The first-order valence-electron chi connectivity index (χ1n) is 6.12. The third-order valence-corrected chi connectivity index (χ3v) is 2.40.